The molecule has 110 valence electrons. The average molecular weight is 356 g/mol. The summed E-state index contributed by atoms with van der Waals surface area (Å²) in [5.41, 5.74) is 8.93. The van der Waals surface area contributed by atoms with Gasteiger partial charge in [-0.3, -0.25) is 0 Å². The van der Waals surface area contributed by atoms with E-state index >= 15 is 0 Å². The summed E-state index contributed by atoms with van der Waals surface area (Å²) in [6.07, 6.45) is 7.51. The maximum Gasteiger partial charge on any atom is 0.125 e. The highest BCUT2D eigenvalue weighted by molar-refractivity contribution is 9.10. The van der Waals surface area contributed by atoms with Crippen molar-refractivity contribution in [2.75, 3.05) is 12.4 Å². The quantitative estimate of drug-likeness (QED) is 0.868. The minimum absolute atomic E-state index is 0.225. The van der Waals surface area contributed by atoms with Crippen molar-refractivity contribution < 1.29 is 4.74 Å². The number of thioether (sulfide) groups is 1. The van der Waals surface area contributed by atoms with E-state index in [1.807, 2.05) is 0 Å². The number of halogens is 1. The Morgan fingerprint density at radius 1 is 1.35 bits per heavy atom. The first-order valence-corrected chi connectivity index (χ1v) is 9.38. The molecule has 0 saturated heterocycles. The molecule has 0 amide bonds. The Balaban J connectivity index is 1.59. The Labute approximate surface area is 134 Å². The molecule has 0 radical (unpaired) electrons. The number of ether oxygens (including phenoxy) is 1. The second-order valence-corrected chi connectivity index (χ2v) is 8.10. The van der Waals surface area contributed by atoms with Crippen molar-refractivity contribution in [3.05, 3.63) is 27.7 Å². The van der Waals surface area contributed by atoms with E-state index in [1.165, 1.54) is 36.8 Å². The molecule has 0 spiro atoms. The van der Waals surface area contributed by atoms with Crippen molar-refractivity contribution in [1.82, 2.24) is 0 Å². The molecule has 1 unspecified atom stereocenters. The van der Waals surface area contributed by atoms with Crippen molar-refractivity contribution in [2.24, 2.45) is 5.73 Å². The summed E-state index contributed by atoms with van der Waals surface area (Å²) in [5, 5.41) is 0.852. The first kappa shape index (κ1) is 14.7. The average Bonchev–Trinajstić information content (AvgIpc) is 3.06. The lowest BCUT2D eigenvalue weighted by molar-refractivity contribution is 0.353. The molecule has 1 atom stereocenters. The van der Waals surface area contributed by atoms with Gasteiger partial charge in [0.25, 0.3) is 0 Å². The Morgan fingerprint density at radius 2 is 2.15 bits per heavy atom. The van der Waals surface area contributed by atoms with Crippen molar-refractivity contribution >= 4 is 27.7 Å². The highest BCUT2D eigenvalue weighted by Gasteiger charge is 2.20. The number of benzene rings is 1. The lowest BCUT2D eigenvalue weighted by Crippen LogP contribution is -2.26. The Kier molecular flexibility index (Phi) is 4.95. The molecule has 2 aliphatic rings. The van der Waals surface area contributed by atoms with E-state index in [-0.39, 0.29) is 6.04 Å². The number of hydrogen-bond donors (Lipinski definition) is 1. The van der Waals surface area contributed by atoms with Crippen LogP contribution in [0.1, 0.15) is 36.8 Å². The van der Waals surface area contributed by atoms with Crippen LogP contribution in [0, 0.1) is 0 Å². The number of nitrogens with two attached hydrogens (primary N) is 1. The molecule has 1 aliphatic carbocycles. The van der Waals surface area contributed by atoms with Crippen LogP contribution in [0.25, 0.3) is 0 Å². The van der Waals surface area contributed by atoms with Crippen LogP contribution >= 0.6 is 27.7 Å². The third-order valence-electron chi connectivity index (χ3n) is 4.16. The zero-order chi connectivity index (χ0) is 13.9. The van der Waals surface area contributed by atoms with Gasteiger partial charge in [0.15, 0.2) is 0 Å². The van der Waals surface area contributed by atoms with E-state index < -0.39 is 0 Å². The van der Waals surface area contributed by atoms with Crippen molar-refractivity contribution in [3.63, 3.8) is 0 Å². The molecule has 1 fully saturated rings. The van der Waals surface area contributed by atoms with Crippen LogP contribution in [0.15, 0.2) is 16.6 Å². The van der Waals surface area contributed by atoms with E-state index in [1.54, 1.807) is 0 Å². The Morgan fingerprint density at radius 3 is 2.95 bits per heavy atom. The SMILES string of the molecule is NC(CSC1CCCC1)Cc1cc(Br)cc2c1OCC2. The van der Waals surface area contributed by atoms with Crippen LogP contribution < -0.4 is 10.5 Å². The molecule has 0 bridgehead atoms. The van der Waals surface area contributed by atoms with Crippen LogP contribution in [0.4, 0.5) is 0 Å². The monoisotopic (exact) mass is 355 g/mol. The molecule has 4 heteroatoms. The predicted molar refractivity (Wildman–Crippen MR) is 89.7 cm³/mol. The summed E-state index contributed by atoms with van der Waals surface area (Å²) in [6, 6.07) is 4.57. The highest BCUT2D eigenvalue weighted by atomic mass is 79.9. The van der Waals surface area contributed by atoms with E-state index in [2.05, 4.69) is 39.8 Å². The zero-order valence-electron chi connectivity index (χ0n) is 11.7. The lowest BCUT2D eigenvalue weighted by Gasteiger charge is -2.16. The molecule has 1 aromatic rings. The van der Waals surface area contributed by atoms with Gasteiger partial charge in [-0.1, -0.05) is 28.8 Å². The summed E-state index contributed by atoms with van der Waals surface area (Å²) >= 11 is 5.67. The molecule has 20 heavy (non-hydrogen) atoms. The van der Waals surface area contributed by atoms with Gasteiger partial charge >= 0.3 is 0 Å². The molecule has 1 aromatic carbocycles. The Bertz CT molecular complexity index is 474. The van der Waals surface area contributed by atoms with Gasteiger partial charge in [0.2, 0.25) is 0 Å². The predicted octanol–water partition coefficient (Wildman–Crippen LogP) is 3.93. The van der Waals surface area contributed by atoms with E-state index in [9.17, 15) is 0 Å². The van der Waals surface area contributed by atoms with Crippen LogP contribution in [-0.2, 0) is 12.8 Å². The molecule has 2 N–H and O–H groups in total. The van der Waals surface area contributed by atoms with Crippen LogP contribution in [0.3, 0.4) is 0 Å². The van der Waals surface area contributed by atoms with Gasteiger partial charge < -0.3 is 10.5 Å². The van der Waals surface area contributed by atoms with Gasteiger partial charge in [0, 0.05) is 27.9 Å². The third-order valence-corrected chi connectivity index (χ3v) is 6.18. The van der Waals surface area contributed by atoms with Gasteiger partial charge in [0.05, 0.1) is 6.61 Å². The molecule has 2 nitrogen and oxygen atoms in total. The molecule has 1 aliphatic heterocycles. The van der Waals surface area contributed by atoms with E-state index in [0.29, 0.717) is 0 Å². The molecular formula is C16H22BrNOS. The van der Waals surface area contributed by atoms with Crippen molar-refractivity contribution in [1.29, 1.82) is 0 Å². The molecular weight excluding hydrogens is 334 g/mol. The second kappa shape index (κ2) is 6.71. The summed E-state index contributed by atoms with van der Waals surface area (Å²) in [6.45, 7) is 0.810. The fourth-order valence-electron chi connectivity index (χ4n) is 3.15. The van der Waals surface area contributed by atoms with Crippen LogP contribution in [-0.4, -0.2) is 23.7 Å². The third kappa shape index (κ3) is 3.52. The van der Waals surface area contributed by atoms with Crippen LogP contribution in [0.5, 0.6) is 5.75 Å². The smallest absolute Gasteiger partial charge is 0.125 e. The molecule has 1 saturated carbocycles. The topological polar surface area (TPSA) is 35.2 Å². The Hall–Kier alpha value is -0.190. The minimum Gasteiger partial charge on any atom is -0.493 e. The maximum absolute atomic E-state index is 6.34. The molecule has 1 heterocycles. The fourth-order valence-corrected chi connectivity index (χ4v) is 5.01. The van der Waals surface area contributed by atoms with E-state index in [4.69, 9.17) is 10.5 Å². The lowest BCUT2D eigenvalue weighted by atomic mass is 10.0. The summed E-state index contributed by atoms with van der Waals surface area (Å²) in [7, 11) is 0. The molecule has 0 aromatic heterocycles. The summed E-state index contributed by atoms with van der Waals surface area (Å²) in [4.78, 5) is 0. The number of fused-ring (bicyclic) bond motifs is 1. The van der Waals surface area contributed by atoms with Gasteiger partial charge in [-0.2, -0.15) is 11.8 Å². The largest absolute Gasteiger partial charge is 0.493 e. The van der Waals surface area contributed by atoms with Crippen molar-refractivity contribution in [2.45, 2.75) is 49.8 Å². The number of hydrogen-bond acceptors (Lipinski definition) is 3. The van der Waals surface area contributed by atoms with Gasteiger partial charge in [0.1, 0.15) is 5.75 Å². The molecule has 3 rings (SSSR count). The minimum atomic E-state index is 0.225. The van der Waals surface area contributed by atoms with E-state index in [0.717, 1.165) is 40.7 Å². The highest BCUT2D eigenvalue weighted by Crippen LogP contribution is 2.34. The first-order valence-electron chi connectivity index (χ1n) is 7.53. The summed E-state index contributed by atoms with van der Waals surface area (Å²) in [5.74, 6) is 2.15. The maximum atomic E-state index is 6.34. The first-order chi connectivity index (χ1) is 9.72. The van der Waals surface area contributed by atoms with Crippen LogP contribution in [0.2, 0.25) is 0 Å². The standard InChI is InChI=1S/C16H22BrNOS/c17-13-7-11-5-6-19-16(11)12(8-13)9-14(18)10-20-15-3-1-2-4-15/h7-8,14-15H,1-6,9-10,18H2. The van der Waals surface area contributed by atoms with Gasteiger partial charge in [-0.05, 0) is 42.5 Å². The summed E-state index contributed by atoms with van der Waals surface area (Å²) < 4.78 is 6.93. The van der Waals surface area contributed by atoms with Gasteiger partial charge in [-0.15, -0.1) is 0 Å². The second-order valence-electron chi connectivity index (χ2n) is 5.86. The fraction of sp³-hybridized carbons (Fsp3) is 0.625. The normalized spacial score (nSPS) is 19.9. The number of rotatable bonds is 5. The zero-order valence-corrected chi connectivity index (χ0v) is 14.1. The van der Waals surface area contributed by atoms with Gasteiger partial charge in [-0.25, -0.2) is 0 Å². The van der Waals surface area contributed by atoms with Crippen molar-refractivity contribution in [3.8, 4) is 5.75 Å².